The highest BCUT2D eigenvalue weighted by atomic mass is 32.2. The fourth-order valence-corrected chi connectivity index (χ4v) is 2.23. The summed E-state index contributed by atoms with van der Waals surface area (Å²) in [6, 6.07) is -0.710. The standard InChI is InChI=1S/C11H13N5O2S/c1-2-3-18-11(17)7(12)4-19-10-8-9(14-5-13-8)15-6-16-10/h2,5-7H,1,3-4,12H2,(H,13,14,15,16)/t7-/m0/s1. The van der Waals surface area contributed by atoms with Crippen LogP contribution in [0.2, 0.25) is 0 Å². The Balaban J connectivity index is 1.96. The number of imidazole rings is 1. The molecular formula is C11H13N5O2S. The van der Waals surface area contributed by atoms with Crippen molar-refractivity contribution in [1.82, 2.24) is 19.9 Å². The number of carbonyl (C=O) groups is 1. The lowest BCUT2D eigenvalue weighted by molar-refractivity contribution is -0.143. The number of hydrogen-bond donors (Lipinski definition) is 2. The van der Waals surface area contributed by atoms with Gasteiger partial charge in [0, 0.05) is 5.75 Å². The minimum absolute atomic E-state index is 0.162. The van der Waals surface area contributed by atoms with Crippen molar-refractivity contribution in [3.05, 3.63) is 25.3 Å². The second-order valence-electron chi connectivity index (χ2n) is 3.62. The van der Waals surface area contributed by atoms with E-state index in [1.54, 1.807) is 6.33 Å². The van der Waals surface area contributed by atoms with E-state index in [-0.39, 0.29) is 6.61 Å². The molecule has 0 fully saturated rings. The summed E-state index contributed by atoms with van der Waals surface area (Å²) in [6.07, 6.45) is 4.46. The molecule has 0 bridgehead atoms. The first-order chi connectivity index (χ1) is 9.22. The predicted octanol–water partition coefficient (Wildman–Crippen LogP) is 0.501. The highest BCUT2D eigenvalue weighted by molar-refractivity contribution is 7.99. The molecule has 0 unspecified atom stereocenters. The van der Waals surface area contributed by atoms with Crippen molar-refractivity contribution in [3.63, 3.8) is 0 Å². The molecule has 0 spiro atoms. The number of fused-ring (bicyclic) bond motifs is 1. The van der Waals surface area contributed by atoms with Crippen LogP contribution in [0, 0.1) is 0 Å². The minimum Gasteiger partial charge on any atom is -0.460 e. The summed E-state index contributed by atoms with van der Waals surface area (Å²) in [7, 11) is 0. The van der Waals surface area contributed by atoms with E-state index in [4.69, 9.17) is 10.5 Å². The van der Waals surface area contributed by atoms with Crippen molar-refractivity contribution >= 4 is 28.9 Å². The first kappa shape index (κ1) is 13.5. The van der Waals surface area contributed by atoms with Gasteiger partial charge in [-0.1, -0.05) is 12.7 Å². The molecule has 0 saturated heterocycles. The van der Waals surface area contributed by atoms with Crippen LogP contribution >= 0.6 is 11.8 Å². The Bertz CT molecular complexity index is 585. The maximum Gasteiger partial charge on any atom is 0.324 e. The molecule has 0 aliphatic heterocycles. The number of carbonyl (C=O) groups excluding carboxylic acids is 1. The SMILES string of the molecule is C=CCOC(=O)[C@@H](N)CSc1ncnc2nc[nH]c12. The molecule has 0 amide bonds. The van der Waals surface area contributed by atoms with Gasteiger partial charge < -0.3 is 15.5 Å². The molecule has 1 atom stereocenters. The molecule has 8 heteroatoms. The van der Waals surface area contributed by atoms with Crippen molar-refractivity contribution in [2.75, 3.05) is 12.4 Å². The van der Waals surface area contributed by atoms with Gasteiger partial charge in [0.1, 0.15) is 29.5 Å². The molecular weight excluding hydrogens is 266 g/mol. The number of thioether (sulfide) groups is 1. The molecule has 19 heavy (non-hydrogen) atoms. The Kier molecular flexibility index (Phi) is 4.48. The van der Waals surface area contributed by atoms with Gasteiger partial charge in [-0.05, 0) is 0 Å². The third-order valence-corrected chi connectivity index (χ3v) is 3.34. The van der Waals surface area contributed by atoms with E-state index in [0.29, 0.717) is 16.4 Å². The molecule has 0 saturated carbocycles. The van der Waals surface area contributed by atoms with Crippen molar-refractivity contribution in [1.29, 1.82) is 0 Å². The quantitative estimate of drug-likeness (QED) is 0.343. The molecule has 2 aromatic heterocycles. The number of nitrogens with zero attached hydrogens (tertiary/aromatic N) is 3. The van der Waals surface area contributed by atoms with E-state index in [1.807, 2.05) is 0 Å². The summed E-state index contributed by atoms with van der Waals surface area (Å²) in [5.41, 5.74) is 7.05. The van der Waals surface area contributed by atoms with Crippen LogP contribution in [-0.4, -0.2) is 44.3 Å². The zero-order chi connectivity index (χ0) is 13.7. The molecule has 2 aromatic rings. The molecule has 2 rings (SSSR count). The number of rotatable bonds is 6. The number of hydrogen-bond acceptors (Lipinski definition) is 7. The van der Waals surface area contributed by atoms with Crippen LogP contribution in [0.15, 0.2) is 30.3 Å². The largest absolute Gasteiger partial charge is 0.460 e. The zero-order valence-corrected chi connectivity index (χ0v) is 10.9. The summed E-state index contributed by atoms with van der Waals surface area (Å²) >= 11 is 1.35. The second-order valence-corrected chi connectivity index (χ2v) is 4.62. The molecule has 3 N–H and O–H groups in total. The third-order valence-electron chi connectivity index (χ3n) is 2.23. The Labute approximate surface area is 113 Å². The van der Waals surface area contributed by atoms with Gasteiger partial charge >= 0.3 is 5.97 Å². The van der Waals surface area contributed by atoms with E-state index in [1.165, 1.54) is 24.2 Å². The topological polar surface area (TPSA) is 107 Å². The molecule has 100 valence electrons. The van der Waals surface area contributed by atoms with Crippen molar-refractivity contribution < 1.29 is 9.53 Å². The number of aromatic nitrogens is 4. The number of aromatic amines is 1. The number of H-pyrrole nitrogens is 1. The Morgan fingerprint density at radius 1 is 1.58 bits per heavy atom. The molecule has 0 aromatic carbocycles. The van der Waals surface area contributed by atoms with Crippen LogP contribution < -0.4 is 5.73 Å². The first-order valence-electron chi connectivity index (χ1n) is 5.52. The van der Waals surface area contributed by atoms with Crippen LogP contribution in [-0.2, 0) is 9.53 Å². The number of ether oxygens (including phenoxy) is 1. The average Bonchev–Trinajstić information content (AvgIpc) is 2.90. The maximum absolute atomic E-state index is 11.5. The summed E-state index contributed by atoms with van der Waals surface area (Å²) in [4.78, 5) is 26.6. The average molecular weight is 279 g/mol. The van der Waals surface area contributed by atoms with E-state index in [9.17, 15) is 4.79 Å². The van der Waals surface area contributed by atoms with Gasteiger partial charge in [0.2, 0.25) is 0 Å². The highest BCUT2D eigenvalue weighted by Crippen LogP contribution is 2.22. The lowest BCUT2D eigenvalue weighted by atomic mass is 10.4. The fourth-order valence-electron chi connectivity index (χ4n) is 1.34. The lowest BCUT2D eigenvalue weighted by Crippen LogP contribution is -2.34. The maximum atomic E-state index is 11.5. The van der Waals surface area contributed by atoms with E-state index >= 15 is 0 Å². The van der Waals surface area contributed by atoms with Crippen molar-refractivity contribution in [2.45, 2.75) is 11.1 Å². The second kappa shape index (κ2) is 6.30. The van der Waals surface area contributed by atoms with Gasteiger partial charge in [0.25, 0.3) is 0 Å². The lowest BCUT2D eigenvalue weighted by Gasteiger charge is -2.09. The highest BCUT2D eigenvalue weighted by Gasteiger charge is 2.16. The van der Waals surface area contributed by atoms with Crippen LogP contribution in [0.1, 0.15) is 0 Å². The summed E-state index contributed by atoms with van der Waals surface area (Å²) in [5, 5.41) is 0.703. The zero-order valence-electron chi connectivity index (χ0n) is 10.1. The Morgan fingerprint density at radius 2 is 2.42 bits per heavy atom. The number of esters is 1. The summed E-state index contributed by atoms with van der Waals surface area (Å²) in [5.74, 6) is -0.0940. The van der Waals surface area contributed by atoms with Gasteiger partial charge in [-0.3, -0.25) is 4.79 Å². The molecule has 0 radical (unpaired) electrons. The Morgan fingerprint density at radius 3 is 3.21 bits per heavy atom. The van der Waals surface area contributed by atoms with Crippen molar-refractivity contribution in [3.8, 4) is 0 Å². The Hall–Kier alpha value is -1.93. The van der Waals surface area contributed by atoms with Crippen LogP contribution in [0.3, 0.4) is 0 Å². The smallest absolute Gasteiger partial charge is 0.324 e. The van der Waals surface area contributed by atoms with Gasteiger partial charge in [-0.25, -0.2) is 15.0 Å². The van der Waals surface area contributed by atoms with Gasteiger partial charge in [0.15, 0.2) is 5.65 Å². The van der Waals surface area contributed by atoms with E-state index in [2.05, 4.69) is 26.5 Å². The van der Waals surface area contributed by atoms with E-state index < -0.39 is 12.0 Å². The normalized spacial score (nSPS) is 12.3. The summed E-state index contributed by atoms with van der Waals surface area (Å²) in [6.45, 7) is 3.62. The number of nitrogens with one attached hydrogen (secondary N) is 1. The predicted molar refractivity (Wildman–Crippen MR) is 71.5 cm³/mol. The molecule has 0 aliphatic carbocycles. The third kappa shape index (κ3) is 3.30. The first-order valence-corrected chi connectivity index (χ1v) is 6.51. The fraction of sp³-hybridized carbons (Fsp3) is 0.273. The molecule has 0 aliphatic rings. The number of nitrogens with two attached hydrogens (primary N) is 1. The van der Waals surface area contributed by atoms with Gasteiger partial charge in [-0.15, -0.1) is 11.8 Å². The van der Waals surface area contributed by atoms with Gasteiger partial charge in [0.05, 0.1) is 6.33 Å². The van der Waals surface area contributed by atoms with Gasteiger partial charge in [-0.2, -0.15) is 0 Å². The minimum atomic E-state index is -0.710. The van der Waals surface area contributed by atoms with Crippen LogP contribution in [0.5, 0.6) is 0 Å². The summed E-state index contributed by atoms with van der Waals surface area (Å²) < 4.78 is 4.87. The van der Waals surface area contributed by atoms with Crippen LogP contribution in [0.4, 0.5) is 0 Å². The van der Waals surface area contributed by atoms with E-state index in [0.717, 1.165) is 5.52 Å². The molecule has 7 nitrogen and oxygen atoms in total. The van der Waals surface area contributed by atoms with Crippen LogP contribution in [0.25, 0.3) is 11.2 Å². The monoisotopic (exact) mass is 279 g/mol. The molecule has 2 heterocycles. The van der Waals surface area contributed by atoms with Crippen molar-refractivity contribution in [2.24, 2.45) is 5.73 Å².